The first-order chi connectivity index (χ1) is 7.25. The standard InChI is InChI=1S/C10H13ClFNO2/c11-8-2-1-3-9(10(8)12)13-4-6-15-7-5-14/h1-3,13-14H,4-7H2. The second-order valence-corrected chi connectivity index (χ2v) is 3.27. The number of ether oxygens (including phenoxy) is 1. The van der Waals surface area contributed by atoms with Crippen LogP contribution in [0.15, 0.2) is 18.2 Å². The Labute approximate surface area is 92.8 Å². The van der Waals surface area contributed by atoms with Gasteiger partial charge in [0, 0.05) is 6.54 Å². The molecule has 0 aliphatic heterocycles. The predicted octanol–water partition coefficient (Wildman–Crippen LogP) is 1.90. The monoisotopic (exact) mass is 233 g/mol. The summed E-state index contributed by atoms with van der Waals surface area (Å²) in [7, 11) is 0. The summed E-state index contributed by atoms with van der Waals surface area (Å²) in [6.07, 6.45) is 0. The second-order valence-electron chi connectivity index (χ2n) is 2.86. The molecule has 0 saturated carbocycles. The van der Waals surface area contributed by atoms with E-state index >= 15 is 0 Å². The molecular weight excluding hydrogens is 221 g/mol. The average molecular weight is 234 g/mol. The molecular formula is C10H13ClFNO2. The van der Waals surface area contributed by atoms with Crippen LogP contribution >= 0.6 is 11.6 Å². The molecule has 0 radical (unpaired) electrons. The van der Waals surface area contributed by atoms with Crippen LogP contribution in [0.5, 0.6) is 0 Å². The Bertz CT molecular complexity index is 309. The number of rotatable bonds is 6. The first kappa shape index (κ1) is 12.2. The summed E-state index contributed by atoms with van der Waals surface area (Å²) in [5.74, 6) is -0.457. The van der Waals surface area contributed by atoms with Crippen molar-refractivity contribution in [3.8, 4) is 0 Å². The third-order valence-electron chi connectivity index (χ3n) is 1.75. The van der Waals surface area contributed by atoms with E-state index in [4.69, 9.17) is 21.4 Å². The van der Waals surface area contributed by atoms with Crippen molar-refractivity contribution < 1.29 is 14.2 Å². The van der Waals surface area contributed by atoms with E-state index in [1.54, 1.807) is 12.1 Å². The lowest BCUT2D eigenvalue weighted by molar-refractivity contribution is 0.0992. The van der Waals surface area contributed by atoms with Crippen LogP contribution in [0.3, 0.4) is 0 Å². The van der Waals surface area contributed by atoms with Gasteiger partial charge in [0.2, 0.25) is 0 Å². The highest BCUT2D eigenvalue weighted by Crippen LogP contribution is 2.21. The molecule has 0 bridgehead atoms. The molecule has 0 aliphatic rings. The lowest BCUT2D eigenvalue weighted by atomic mass is 10.3. The maximum atomic E-state index is 13.3. The minimum atomic E-state index is -0.457. The van der Waals surface area contributed by atoms with Gasteiger partial charge in [-0.1, -0.05) is 17.7 Å². The van der Waals surface area contributed by atoms with Crippen molar-refractivity contribution in [1.29, 1.82) is 0 Å². The number of hydrogen-bond donors (Lipinski definition) is 2. The van der Waals surface area contributed by atoms with Crippen LogP contribution in [-0.2, 0) is 4.74 Å². The van der Waals surface area contributed by atoms with Gasteiger partial charge in [-0.25, -0.2) is 4.39 Å². The Morgan fingerprint density at radius 2 is 2.20 bits per heavy atom. The van der Waals surface area contributed by atoms with Crippen molar-refractivity contribution in [2.24, 2.45) is 0 Å². The predicted molar refractivity (Wildman–Crippen MR) is 57.8 cm³/mol. The van der Waals surface area contributed by atoms with Crippen molar-refractivity contribution in [3.63, 3.8) is 0 Å². The van der Waals surface area contributed by atoms with Crippen LogP contribution in [0.1, 0.15) is 0 Å². The zero-order valence-electron chi connectivity index (χ0n) is 8.17. The van der Waals surface area contributed by atoms with Crippen LogP contribution in [0, 0.1) is 5.82 Å². The van der Waals surface area contributed by atoms with Gasteiger partial charge < -0.3 is 15.2 Å². The van der Waals surface area contributed by atoms with Gasteiger partial charge >= 0.3 is 0 Å². The highest BCUT2D eigenvalue weighted by Gasteiger charge is 2.04. The Morgan fingerprint density at radius 1 is 1.40 bits per heavy atom. The van der Waals surface area contributed by atoms with E-state index in [2.05, 4.69) is 5.32 Å². The SMILES string of the molecule is OCCOCCNc1cccc(Cl)c1F. The summed E-state index contributed by atoms with van der Waals surface area (Å²) >= 11 is 5.60. The number of aliphatic hydroxyl groups is 1. The zero-order valence-corrected chi connectivity index (χ0v) is 8.93. The van der Waals surface area contributed by atoms with Gasteiger partial charge in [0.1, 0.15) is 0 Å². The first-order valence-corrected chi connectivity index (χ1v) is 5.00. The van der Waals surface area contributed by atoms with Crippen molar-refractivity contribution >= 4 is 17.3 Å². The summed E-state index contributed by atoms with van der Waals surface area (Å²) in [4.78, 5) is 0. The van der Waals surface area contributed by atoms with Crippen LogP contribution in [-0.4, -0.2) is 31.5 Å². The molecule has 1 aromatic rings. The normalized spacial score (nSPS) is 10.3. The van der Waals surface area contributed by atoms with E-state index in [1.807, 2.05) is 0 Å². The second kappa shape index (κ2) is 6.61. The van der Waals surface area contributed by atoms with Crippen LogP contribution in [0.4, 0.5) is 10.1 Å². The van der Waals surface area contributed by atoms with Gasteiger partial charge in [-0.3, -0.25) is 0 Å². The van der Waals surface area contributed by atoms with E-state index < -0.39 is 5.82 Å². The first-order valence-electron chi connectivity index (χ1n) is 4.62. The Kier molecular flexibility index (Phi) is 5.39. The fourth-order valence-corrected chi connectivity index (χ4v) is 1.24. The summed E-state index contributed by atoms with van der Waals surface area (Å²) in [6.45, 7) is 1.16. The Morgan fingerprint density at radius 3 is 2.93 bits per heavy atom. The maximum absolute atomic E-state index is 13.3. The van der Waals surface area contributed by atoms with Gasteiger partial charge in [-0.15, -0.1) is 0 Å². The molecule has 1 aromatic carbocycles. The van der Waals surface area contributed by atoms with E-state index in [9.17, 15) is 4.39 Å². The molecule has 0 aromatic heterocycles. The third kappa shape index (κ3) is 4.03. The minimum absolute atomic E-state index is 0.00841. The summed E-state index contributed by atoms with van der Waals surface area (Å²) in [5.41, 5.74) is 0.357. The molecule has 0 atom stereocenters. The summed E-state index contributed by atoms with van der Waals surface area (Å²) in [5, 5.41) is 11.4. The van der Waals surface area contributed by atoms with Gasteiger partial charge in [0.05, 0.1) is 30.5 Å². The number of benzene rings is 1. The van der Waals surface area contributed by atoms with Crippen molar-refractivity contribution in [2.45, 2.75) is 0 Å². The molecule has 3 nitrogen and oxygen atoms in total. The molecule has 2 N–H and O–H groups in total. The molecule has 0 saturated heterocycles. The summed E-state index contributed by atoms with van der Waals surface area (Å²) in [6, 6.07) is 4.76. The number of nitrogens with one attached hydrogen (secondary N) is 1. The van der Waals surface area contributed by atoms with Crippen molar-refractivity contribution in [2.75, 3.05) is 31.7 Å². The lowest BCUT2D eigenvalue weighted by Crippen LogP contribution is -2.12. The fourth-order valence-electron chi connectivity index (χ4n) is 1.06. The molecule has 84 valence electrons. The molecule has 0 unspecified atom stereocenters. The highest BCUT2D eigenvalue weighted by molar-refractivity contribution is 6.31. The zero-order chi connectivity index (χ0) is 11.1. The number of halogens is 2. The Hall–Kier alpha value is -0.840. The quantitative estimate of drug-likeness (QED) is 0.738. The largest absolute Gasteiger partial charge is 0.394 e. The average Bonchev–Trinajstić information content (AvgIpc) is 2.24. The van der Waals surface area contributed by atoms with E-state index in [0.29, 0.717) is 25.4 Å². The van der Waals surface area contributed by atoms with E-state index in [-0.39, 0.29) is 11.6 Å². The molecule has 0 heterocycles. The number of hydrogen-bond acceptors (Lipinski definition) is 3. The van der Waals surface area contributed by atoms with E-state index in [0.717, 1.165) is 0 Å². The molecule has 15 heavy (non-hydrogen) atoms. The molecule has 1 rings (SSSR count). The van der Waals surface area contributed by atoms with Crippen LogP contribution in [0.2, 0.25) is 5.02 Å². The molecule has 0 amide bonds. The maximum Gasteiger partial charge on any atom is 0.164 e. The molecule has 0 fully saturated rings. The van der Waals surface area contributed by atoms with E-state index in [1.165, 1.54) is 6.07 Å². The van der Waals surface area contributed by atoms with Gasteiger partial charge in [-0.2, -0.15) is 0 Å². The smallest absolute Gasteiger partial charge is 0.164 e. The van der Waals surface area contributed by atoms with Crippen LogP contribution in [0.25, 0.3) is 0 Å². The molecule has 5 heteroatoms. The van der Waals surface area contributed by atoms with Gasteiger partial charge in [0.25, 0.3) is 0 Å². The molecule has 0 aliphatic carbocycles. The molecule has 0 spiro atoms. The Balaban J connectivity index is 2.34. The minimum Gasteiger partial charge on any atom is -0.394 e. The van der Waals surface area contributed by atoms with Gasteiger partial charge in [-0.05, 0) is 12.1 Å². The third-order valence-corrected chi connectivity index (χ3v) is 2.04. The summed E-state index contributed by atoms with van der Waals surface area (Å²) < 4.78 is 18.3. The lowest BCUT2D eigenvalue weighted by Gasteiger charge is -2.08. The van der Waals surface area contributed by atoms with Crippen molar-refractivity contribution in [1.82, 2.24) is 0 Å². The fraction of sp³-hybridized carbons (Fsp3) is 0.400. The topological polar surface area (TPSA) is 41.5 Å². The number of aliphatic hydroxyl groups excluding tert-OH is 1. The highest BCUT2D eigenvalue weighted by atomic mass is 35.5. The van der Waals surface area contributed by atoms with Crippen LogP contribution < -0.4 is 5.32 Å². The van der Waals surface area contributed by atoms with Gasteiger partial charge in [0.15, 0.2) is 5.82 Å². The number of anilines is 1. The van der Waals surface area contributed by atoms with Crippen molar-refractivity contribution in [3.05, 3.63) is 29.0 Å².